The Morgan fingerprint density at radius 2 is 1.82 bits per heavy atom. The summed E-state index contributed by atoms with van der Waals surface area (Å²) in [7, 11) is 1.64. The van der Waals surface area contributed by atoms with Gasteiger partial charge in [-0.15, -0.1) is 0 Å². The van der Waals surface area contributed by atoms with Crippen molar-refractivity contribution in [2.24, 2.45) is 0 Å². The van der Waals surface area contributed by atoms with Crippen molar-refractivity contribution in [3.8, 4) is 5.75 Å². The molecule has 164 valence electrons. The number of methoxy groups -OCH3 is 1. The van der Waals surface area contributed by atoms with Gasteiger partial charge < -0.3 is 4.74 Å². The first-order chi connectivity index (χ1) is 16.1. The summed E-state index contributed by atoms with van der Waals surface area (Å²) >= 11 is 1.51. The summed E-state index contributed by atoms with van der Waals surface area (Å²) in [4.78, 5) is 24.6. The Bertz CT molecular complexity index is 1450. The van der Waals surface area contributed by atoms with Gasteiger partial charge in [-0.3, -0.25) is 14.7 Å². The molecular weight excluding hydrogens is 430 g/mol. The van der Waals surface area contributed by atoms with Crippen molar-refractivity contribution in [2.75, 3.05) is 12.0 Å². The summed E-state index contributed by atoms with van der Waals surface area (Å²) in [6.07, 6.45) is 2.02. The van der Waals surface area contributed by atoms with Gasteiger partial charge in [0.05, 0.1) is 30.5 Å². The molecule has 2 heterocycles. The standard InChI is InChI=1S/C27H23N3O2S/c1-18-10-13-23(32-2)25-26(18)33-27(29-25)30(17-22-9-5-6-14-28-22)24(31)16-19-11-12-20-7-3-4-8-21(20)15-19/h3-15H,16-17H2,1-2H3. The van der Waals surface area contributed by atoms with Gasteiger partial charge in [-0.25, -0.2) is 4.98 Å². The van der Waals surface area contributed by atoms with Crippen LogP contribution in [0.25, 0.3) is 21.0 Å². The first-order valence-corrected chi connectivity index (χ1v) is 11.6. The first kappa shape index (κ1) is 21.1. The Morgan fingerprint density at radius 1 is 1.00 bits per heavy atom. The molecule has 0 aliphatic carbocycles. The van der Waals surface area contributed by atoms with E-state index in [0.717, 1.165) is 37.8 Å². The van der Waals surface area contributed by atoms with Crippen molar-refractivity contribution in [2.45, 2.75) is 19.9 Å². The molecule has 0 spiro atoms. The average Bonchev–Trinajstić information content (AvgIpc) is 3.29. The number of anilines is 1. The molecule has 0 N–H and O–H groups in total. The molecule has 0 unspecified atom stereocenters. The maximum atomic E-state index is 13.6. The summed E-state index contributed by atoms with van der Waals surface area (Å²) in [5.74, 6) is 0.685. The number of rotatable bonds is 6. The normalized spacial score (nSPS) is 11.1. The highest BCUT2D eigenvalue weighted by Gasteiger charge is 2.23. The van der Waals surface area contributed by atoms with Crippen molar-refractivity contribution >= 4 is 43.4 Å². The van der Waals surface area contributed by atoms with E-state index in [0.29, 0.717) is 17.4 Å². The number of thiazole rings is 1. The molecule has 0 aliphatic rings. The van der Waals surface area contributed by atoms with Gasteiger partial charge in [0.15, 0.2) is 5.13 Å². The zero-order chi connectivity index (χ0) is 22.8. The molecule has 33 heavy (non-hydrogen) atoms. The van der Waals surface area contributed by atoms with E-state index >= 15 is 0 Å². The van der Waals surface area contributed by atoms with E-state index in [4.69, 9.17) is 9.72 Å². The number of hydrogen-bond donors (Lipinski definition) is 0. The molecule has 2 aromatic heterocycles. The predicted octanol–water partition coefficient (Wildman–Crippen LogP) is 5.94. The first-order valence-electron chi connectivity index (χ1n) is 10.7. The van der Waals surface area contributed by atoms with Gasteiger partial charge in [0, 0.05) is 6.20 Å². The minimum atomic E-state index is -0.0217. The molecule has 6 heteroatoms. The minimum Gasteiger partial charge on any atom is -0.494 e. The van der Waals surface area contributed by atoms with Gasteiger partial charge in [0.25, 0.3) is 0 Å². The fraction of sp³-hybridized carbons (Fsp3) is 0.148. The number of ether oxygens (including phenoxy) is 1. The number of fused-ring (bicyclic) bond motifs is 2. The van der Waals surface area contributed by atoms with E-state index in [1.165, 1.54) is 11.3 Å². The molecule has 0 saturated heterocycles. The highest BCUT2D eigenvalue weighted by Crippen LogP contribution is 2.37. The summed E-state index contributed by atoms with van der Waals surface area (Å²) in [6, 6.07) is 24.0. The van der Waals surface area contributed by atoms with Crippen molar-refractivity contribution in [3.63, 3.8) is 0 Å². The van der Waals surface area contributed by atoms with Gasteiger partial charge in [0.2, 0.25) is 5.91 Å². The van der Waals surface area contributed by atoms with Crippen molar-refractivity contribution in [1.29, 1.82) is 0 Å². The maximum absolute atomic E-state index is 13.6. The van der Waals surface area contributed by atoms with Crippen LogP contribution in [0, 0.1) is 6.92 Å². The highest BCUT2D eigenvalue weighted by atomic mass is 32.1. The highest BCUT2D eigenvalue weighted by molar-refractivity contribution is 7.22. The molecule has 0 radical (unpaired) electrons. The van der Waals surface area contributed by atoms with Gasteiger partial charge in [-0.1, -0.05) is 65.9 Å². The number of hydrogen-bond acceptors (Lipinski definition) is 5. The zero-order valence-corrected chi connectivity index (χ0v) is 19.3. The number of carbonyl (C=O) groups excluding carboxylic acids is 1. The molecule has 0 aliphatic heterocycles. The molecule has 3 aromatic carbocycles. The number of amides is 1. The zero-order valence-electron chi connectivity index (χ0n) is 18.5. The van der Waals surface area contributed by atoms with Crippen molar-refractivity contribution in [1.82, 2.24) is 9.97 Å². The van der Waals surface area contributed by atoms with Gasteiger partial charge >= 0.3 is 0 Å². The van der Waals surface area contributed by atoms with Crippen molar-refractivity contribution in [3.05, 3.63) is 95.8 Å². The SMILES string of the molecule is COc1ccc(C)c2sc(N(Cc3ccccn3)C(=O)Cc3ccc4ccccc4c3)nc12. The predicted molar refractivity (Wildman–Crippen MR) is 134 cm³/mol. The third-order valence-corrected chi connectivity index (χ3v) is 6.87. The molecular formula is C27H23N3O2S. The van der Waals surface area contributed by atoms with E-state index in [2.05, 4.69) is 29.2 Å². The number of pyridine rings is 1. The van der Waals surface area contributed by atoms with Crippen LogP contribution in [-0.4, -0.2) is 23.0 Å². The van der Waals surface area contributed by atoms with E-state index in [1.54, 1.807) is 18.2 Å². The van der Waals surface area contributed by atoms with Crippen LogP contribution < -0.4 is 9.64 Å². The molecule has 0 atom stereocenters. The van der Waals surface area contributed by atoms with Gasteiger partial charge in [-0.05, 0) is 47.0 Å². The monoisotopic (exact) mass is 453 g/mol. The molecule has 5 rings (SSSR count). The lowest BCUT2D eigenvalue weighted by Gasteiger charge is -2.20. The number of aryl methyl sites for hydroxylation is 1. The van der Waals surface area contributed by atoms with E-state index in [9.17, 15) is 4.79 Å². The third kappa shape index (κ3) is 4.30. The van der Waals surface area contributed by atoms with Crippen LogP contribution >= 0.6 is 11.3 Å². The average molecular weight is 454 g/mol. The second-order valence-corrected chi connectivity index (χ2v) is 8.90. The van der Waals surface area contributed by atoms with Crippen LogP contribution in [0.3, 0.4) is 0 Å². The Kier molecular flexibility index (Phi) is 5.75. The van der Waals surface area contributed by atoms with E-state index in [1.807, 2.05) is 55.5 Å². The molecule has 0 bridgehead atoms. The quantitative estimate of drug-likeness (QED) is 0.319. The second kappa shape index (κ2) is 9.00. The number of benzene rings is 3. The van der Waals surface area contributed by atoms with E-state index in [-0.39, 0.29) is 12.3 Å². The number of carbonyl (C=O) groups is 1. The lowest BCUT2D eigenvalue weighted by Crippen LogP contribution is -2.32. The summed E-state index contributed by atoms with van der Waals surface area (Å²) in [6.45, 7) is 2.40. The van der Waals surface area contributed by atoms with Crippen LogP contribution in [0.15, 0.2) is 79.0 Å². The maximum Gasteiger partial charge on any atom is 0.233 e. The summed E-state index contributed by atoms with van der Waals surface area (Å²) < 4.78 is 6.54. The fourth-order valence-electron chi connectivity index (χ4n) is 3.91. The second-order valence-electron chi connectivity index (χ2n) is 7.92. The van der Waals surface area contributed by atoms with Crippen LogP contribution in [-0.2, 0) is 17.8 Å². The van der Waals surface area contributed by atoms with Crippen LogP contribution in [0.5, 0.6) is 5.75 Å². The topological polar surface area (TPSA) is 55.3 Å². The van der Waals surface area contributed by atoms with Crippen molar-refractivity contribution < 1.29 is 9.53 Å². The number of aromatic nitrogens is 2. The Balaban J connectivity index is 1.53. The van der Waals surface area contributed by atoms with Crippen LogP contribution in [0.1, 0.15) is 16.8 Å². The Labute approximate surface area is 196 Å². The van der Waals surface area contributed by atoms with E-state index < -0.39 is 0 Å². The molecule has 0 fully saturated rings. The molecule has 5 aromatic rings. The molecule has 0 saturated carbocycles. The smallest absolute Gasteiger partial charge is 0.233 e. The van der Waals surface area contributed by atoms with Crippen LogP contribution in [0.4, 0.5) is 5.13 Å². The fourth-order valence-corrected chi connectivity index (χ4v) is 4.98. The lowest BCUT2D eigenvalue weighted by molar-refractivity contribution is -0.118. The summed E-state index contributed by atoms with van der Waals surface area (Å²) in [5, 5.41) is 2.93. The molecule has 5 nitrogen and oxygen atoms in total. The molecule has 1 amide bonds. The summed E-state index contributed by atoms with van der Waals surface area (Å²) in [5.41, 5.74) is 3.67. The van der Waals surface area contributed by atoms with Gasteiger partial charge in [-0.2, -0.15) is 0 Å². The third-order valence-electron chi connectivity index (χ3n) is 5.66. The van der Waals surface area contributed by atoms with Gasteiger partial charge in [0.1, 0.15) is 11.3 Å². The number of nitrogens with zero attached hydrogens (tertiary/aromatic N) is 3. The lowest BCUT2D eigenvalue weighted by atomic mass is 10.0. The Hall–Kier alpha value is -3.77. The van der Waals surface area contributed by atoms with Crippen LogP contribution in [0.2, 0.25) is 0 Å². The minimum absolute atomic E-state index is 0.0217. The largest absolute Gasteiger partial charge is 0.494 e. The Morgan fingerprint density at radius 3 is 2.61 bits per heavy atom.